The first-order chi connectivity index (χ1) is 7.48. The largest absolute Gasteiger partial charge is 0.394 e. The molecule has 0 unspecified atom stereocenters. The molecule has 0 bridgehead atoms. The van der Waals surface area contributed by atoms with E-state index in [0.29, 0.717) is 18.1 Å². The highest BCUT2D eigenvalue weighted by Crippen LogP contribution is 2.11. The molecule has 1 aromatic heterocycles. The Bertz CT molecular complexity index is 353. The number of aliphatic hydroxyl groups is 2. The Hall–Kier alpha value is -1.17. The van der Waals surface area contributed by atoms with Crippen molar-refractivity contribution in [2.45, 2.75) is 32.5 Å². The van der Waals surface area contributed by atoms with Crippen molar-refractivity contribution in [3.05, 3.63) is 23.4 Å². The van der Waals surface area contributed by atoms with Crippen LogP contribution in [0.4, 0.5) is 5.82 Å². The molecule has 1 heterocycles. The van der Waals surface area contributed by atoms with Crippen molar-refractivity contribution in [1.29, 1.82) is 0 Å². The smallest absolute Gasteiger partial charge is 0.123 e. The number of hydrogen-bond acceptors (Lipinski definition) is 5. The highest BCUT2D eigenvalue weighted by Gasteiger charge is 2.16. The maximum Gasteiger partial charge on any atom is 0.123 e. The predicted molar refractivity (Wildman–Crippen MR) is 62.6 cm³/mol. The third-order valence-corrected chi connectivity index (χ3v) is 2.39. The summed E-state index contributed by atoms with van der Waals surface area (Å²) in [6, 6.07) is 3.41. The summed E-state index contributed by atoms with van der Waals surface area (Å²) < 4.78 is 0. The average Bonchev–Trinajstić information content (AvgIpc) is 2.27. The van der Waals surface area contributed by atoms with Crippen molar-refractivity contribution in [3.63, 3.8) is 0 Å². The van der Waals surface area contributed by atoms with E-state index in [2.05, 4.69) is 10.3 Å². The fourth-order valence-electron chi connectivity index (χ4n) is 1.22. The summed E-state index contributed by atoms with van der Waals surface area (Å²) >= 11 is 0. The molecule has 0 aliphatic heterocycles. The van der Waals surface area contributed by atoms with Gasteiger partial charge in [-0.3, -0.25) is 0 Å². The number of nitrogens with one attached hydrogen (secondary N) is 1. The van der Waals surface area contributed by atoms with Crippen LogP contribution in [0.5, 0.6) is 0 Å². The molecule has 0 radical (unpaired) electrons. The minimum atomic E-state index is -0.376. The summed E-state index contributed by atoms with van der Waals surface area (Å²) in [5.41, 5.74) is 6.67. The van der Waals surface area contributed by atoms with Gasteiger partial charge >= 0.3 is 0 Å². The Morgan fingerprint density at radius 3 is 2.62 bits per heavy atom. The molecule has 90 valence electrons. The van der Waals surface area contributed by atoms with E-state index < -0.39 is 0 Å². The molecule has 0 atom stereocenters. The third kappa shape index (κ3) is 3.44. The van der Waals surface area contributed by atoms with Crippen LogP contribution in [0, 0.1) is 0 Å². The molecule has 5 N–H and O–H groups in total. The van der Waals surface area contributed by atoms with E-state index >= 15 is 0 Å². The van der Waals surface area contributed by atoms with Gasteiger partial charge in [-0.25, -0.2) is 4.98 Å². The van der Waals surface area contributed by atoms with Crippen LogP contribution >= 0.6 is 0 Å². The fourth-order valence-corrected chi connectivity index (χ4v) is 1.22. The summed E-state index contributed by atoms with van der Waals surface area (Å²) in [6.45, 7) is 4.21. The molecule has 5 nitrogen and oxygen atoms in total. The van der Waals surface area contributed by atoms with Gasteiger partial charge in [-0.2, -0.15) is 0 Å². The zero-order chi connectivity index (χ0) is 12.2. The molecule has 0 aliphatic carbocycles. The second-order valence-corrected chi connectivity index (χ2v) is 4.40. The highest BCUT2D eigenvalue weighted by atomic mass is 16.3. The van der Waals surface area contributed by atoms with E-state index in [0.717, 1.165) is 5.56 Å². The molecule has 0 saturated carbocycles. The number of hydrogen-bond donors (Lipinski definition) is 4. The van der Waals surface area contributed by atoms with Gasteiger partial charge in [0, 0.05) is 17.6 Å². The lowest BCUT2D eigenvalue weighted by molar-refractivity contribution is 0.186. The average molecular weight is 225 g/mol. The minimum absolute atomic E-state index is 0.0315. The van der Waals surface area contributed by atoms with Crippen LogP contribution in [-0.2, 0) is 13.2 Å². The molecule has 0 saturated heterocycles. The van der Waals surface area contributed by atoms with Crippen LogP contribution in [-0.4, -0.2) is 27.3 Å². The molecule has 1 rings (SSSR count). The lowest BCUT2D eigenvalue weighted by Gasteiger charge is -2.23. The van der Waals surface area contributed by atoms with Crippen molar-refractivity contribution in [2.24, 2.45) is 0 Å². The summed E-state index contributed by atoms with van der Waals surface area (Å²) in [4.78, 5) is 4.15. The van der Waals surface area contributed by atoms with Crippen molar-refractivity contribution in [3.8, 4) is 0 Å². The number of aromatic nitrogens is 1. The van der Waals surface area contributed by atoms with Crippen LogP contribution < -0.4 is 11.1 Å². The van der Waals surface area contributed by atoms with Gasteiger partial charge in [0.05, 0.1) is 18.9 Å². The molecule has 1 aromatic rings. The van der Waals surface area contributed by atoms with Gasteiger partial charge in [0.2, 0.25) is 0 Å². The Kier molecular flexibility index (Phi) is 4.23. The monoisotopic (exact) mass is 225 g/mol. The van der Waals surface area contributed by atoms with Gasteiger partial charge in [0.15, 0.2) is 0 Å². The number of anilines is 1. The second-order valence-electron chi connectivity index (χ2n) is 4.40. The molecule has 16 heavy (non-hydrogen) atoms. The summed E-state index contributed by atoms with van der Waals surface area (Å²) in [7, 11) is 0. The third-order valence-electron chi connectivity index (χ3n) is 2.39. The zero-order valence-electron chi connectivity index (χ0n) is 9.70. The van der Waals surface area contributed by atoms with E-state index in [1.54, 1.807) is 12.1 Å². The van der Waals surface area contributed by atoms with E-state index in [9.17, 15) is 0 Å². The second kappa shape index (κ2) is 5.25. The van der Waals surface area contributed by atoms with Crippen LogP contribution in [0.2, 0.25) is 0 Å². The SMILES string of the molecule is CC(C)(CO)NCc1nc(N)ccc1CO. The zero-order valence-corrected chi connectivity index (χ0v) is 9.70. The minimum Gasteiger partial charge on any atom is -0.394 e. The normalized spacial score (nSPS) is 11.8. The maximum absolute atomic E-state index is 9.14. The van der Waals surface area contributed by atoms with Gasteiger partial charge in [-0.1, -0.05) is 6.07 Å². The van der Waals surface area contributed by atoms with Crippen molar-refractivity contribution in [2.75, 3.05) is 12.3 Å². The Morgan fingerprint density at radius 2 is 2.06 bits per heavy atom. The summed E-state index contributed by atoms with van der Waals surface area (Å²) in [5, 5.41) is 21.4. The molecular weight excluding hydrogens is 206 g/mol. The van der Waals surface area contributed by atoms with Crippen LogP contribution in [0.25, 0.3) is 0 Å². The van der Waals surface area contributed by atoms with Gasteiger partial charge in [-0.05, 0) is 19.9 Å². The summed E-state index contributed by atoms with van der Waals surface area (Å²) in [6.07, 6.45) is 0. The molecule has 0 fully saturated rings. The molecule has 0 spiro atoms. The number of aliphatic hydroxyl groups excluding tert-OH is 2. The van der Waals surface area contributed by atoms with Crippen LogP contribution in [0.3, 0.4) is 0 Å². The number of pyridine rings is 1. The van der Waals surface area contributed by atoms with E-state index in [1.165, 1.54) is 0 Å². The topological polar surface area (TPSA) is 91.4 Å². The van der Waals surface area contributed by atoms with Crippen LogP contribution in [0.1, 0.15) is 25.1 Å². The number of nitrogens with zero attached hydrogens (tertiary/aromatic N) is 1. The van der Waals surface area contributed by atoms with Crippen molar-refractivity contribution < 1.29 is 10.2 Å². The molecule has 5 heteroatoms. The maximum atomic E-state index is 9.14. The van der Waals surface area contributed by atoms with E-state index in [4.69, 9.17) is 15.9 Å². The van der Waals surface area contributed by atoms with Gasteiger partial charge in [0.1, 0.15) is 5.82 Å². The molecular formula is C11H19N3O2. The van der Waals surface area contributed by atoms with Gasteiger partial charge < -0.3 is 21.3 Å². The van der Waals surface area contributed by atoms with Crippen molar-refractivity contribution in [1.82, 2.24) is 10.3 Å². The van der Waals surface area contributed by atoms with Crippen molar-refractivity contribution >= 4 is 5.82 Å². The highest BCUT2D eigenvalue weighted by molar-refractivity contribution is 5.33. The molecule has 0 amide bonds. The number of rotatable bonds is 5. The lowest BCUT2D eigenvalue weighted by Crippen LogP contribution is -2.42. The first-order valence-corrected chi connectivity index (χ1v) is 5.19. The Balaban J connectivity index is 2.76. The first kappa shape index (κ1) is 12.9. The predicted octanol–water partition coefficient (Wildman–Crippen LogP) is 0.0166. The Labute approximate surface area is 95.3 Å². The Morgan fingerprint density at radius 1 is 1.38 bits per heavy atom. The quantitative estimate of drug-likeness (QED) is 0.567. The van der Waals surface area contributed by atoms with Gasteiger partial charge in [-0.15, -0.1) is 0 Å². The first-order valence-electron chi connectivity index (χ1n) is 5.19. The van der Waals surface area contributed by atoms with E-state index in [1.807, 2.05) is 13.8 Å². The lowest BCUT2D eigenvalue weighted by atomic mass is 10.1. The molecule has 0 aliphatic rings. The molecule has 0 aromatic carbocycles. The summed E-state index contributed by atoms with van der Waals surface area (Å²) in [5.74, 6) is 0.427. The fraction of sp³-hybridized carbons (Fsp3) is 0.545. The number of nitrogen functional groups attached to an aromatic ring is 1. The van der Waals surface area contributed by atoms with Gasteiger partial charge in [0.25, 0.3) is 0 Å². The van der Waals surface area contributed by atoms with Crippen LogP contribution in [0.15, 0.2) is 12.1 Å². The van der Waals surface area contributed by atoms with E-state index in [-0.39, 0.29) is 18.8 Å². The number of nitrogens with two attached hydrogens (primary N) is 1. The standard InChI is InChI=1S/C11H19N3O2/c1-11(2,7-16)13-5-9-8(6-15)3-4-10(12)14-9/h3-4,13,15-16H,5-7H2,1-2H3,(H2,12,14).